The molecular weight excluding hydrogens is 224 g/mol. The summed E-state index contributed by atoms with van der Waals surface area (Å²) in [6.07, 6.45) is 3.39. The van der Waals surface area contributed by atoms with Gasteiger partial charge in [-0.2, -0.15) is 0 Å². The normalized spacial score (nSPS) is 20.2. The standard InChI is InChI=1S/C11H12N2S2/c12-7-3-1-4-8-10(7)15-11(13-8)9-5-2-6-14-9/h2,5-7H,1,3-4,12H2. The number of nitrogens with two attached hydrogens (primary N) is 1. The molecule has 78 valence electrons. The fourth-order valence-electron chi connectivity index (χ4n) is 1.96. The van der Waals surface area contributed by atoms with E-state index in [0.29, 0.717) is 0 Å². The molecule has 0 aliphatic heterocycles. The zero-order chi connectivity index (χ0) is 10.3. The van der Waals surface area contributed by atoms with Crippen molar-refractivity contribution in [3.8, 4) is 9.88 Å². The Morgan fingerprint density at radius 3 is 3.13 bits per heavy atom. The molecule has 1 unspecified atom stereocenters. The molecule has 0 bridgehead atoms. The maximum Gasteiger partial charge on any atom is 0.133 e. The molecular formula is C11H12N2S2. The van der Waals surface area contributed by atoms with Crippen LogP contribution < -0.4 is 5.73 Å². The minimum atomic E-state index is 0.222. The lowest BCUT2D eigenvalue weighted by atomic mass is 9.99. The predicted molar refractivity (Wildman–Crippen MR) is 65.3 cm³/mol. The van der Waals surface area contributed by atoms with E-state index >= 15 is 0 Å². The highest BCUT2D eigenvalue weighted by molar-refractivity contribution is 7.21. The van der Waals surface area contributed by atoms with Crippen LogP contribution in [0, 0.1) is 0 Å². The van der Waals surface area contributed by atoms with Gasteiger partial charge in [0.25, 0.3) is 0 Å². The smallest absolute Gasteiger partial charge is 0.133 e. The summed E-state index contributed by atoms with van der Waals surface area (Å²) in [5.41, 5.74) is 7.32. The Morgan fingerprint density at radius 2 is 2.40 bits per heavy atom. The van der Waals surface area contributed by atoms with E-state index in [9.17, 15) is 0 Å². The molecule has 4 heteroatoms. The zero-order valence-corrected chi connectivity index (χ0v) is 9.90. The molecule has 1 aliphatic carbocycles. The van der Waals surface area contributed by atoms with Crippen LogP contribution in [0.2, 0.25) is 0 Å². The van der Waals surface area contributed by atoms with E-state index in [2.05, 4.69) is 17.5 Å². The monoisotopic (exact) mass is 236 g/mol. The molecule has 2 N–H and O–H groups in total. The number of thiazole rings is 1. The third-order valence-corrected chi connectivity index (χ3v) is 4.99. The molecule has 2 aromatic rings. The van der Waals surface area contributed by atoms with Crippen LogP contribution >= 0.6 is 22.7 Å². The van der Waals surface area contributed by atoms with E-state index in [0.717, 1.165) is 17.8 Å². The van der Waals surface area contributed by atoms with Gasteiger partial charge in [0, 0.05) is 10.9 Å². The summed E-state index contributed by atoms with van der Waals surface area (Å²) in [7, 11) is 0. The highest BCUT2D eigenvalue weighted by Crippen LogP contribution is 2.37. The average Bonchev–Trinajstić information content (AvgIpc) is 2.86. The summed E-state index contributed by atoms with van der Waals surface area (Å²) in [6, 6.07) is 4.42. The Labute approximate surface area is 96.8 Å². The van der Waals surface area contributed by atoms with E-state index in [4.69, 9.17) is 10.7 Å². The van der Waals surface area contributed by atoms with Gasteiger partial charge in [0.15, 0.2) is 0 Å². The van der Waals surface area contributed by atoms with Gasteiger partial charge in [-0.15, -0.1) is 22.7 Å². The van der Waals surface area contributed by atoms with Crippen molar-refractivity contribution in [3.05, 3.63) is 28.1 Å². The lowest BCUT2D eigenvalue weighted by molar-refractivity contribution is 0.573. The number of rotatable bonds is 1. The van der Waals surface area contributed by atoms with Crippen LogP contribution in [0.15, 0.2) is 17.5 Å². The van der Waals surface area contributed by atoms with Gasteiger partial charge in [0.2, 0.25) is 0 Å². The van der Waals surface area contributed by atoms with Gasteiger partial charge in [-0.25, -0.2) is 4.98 Å². The van der Waals surface area contributed by atoms with E-state index in [1.165, 1.54) is 21.9 Å². The largest absolute Gasteiger partial charge is 0.323 e. The molecule has 1 aliphatic rings. The first-order chi connectivity index (χ1) is 7.34. The van der Waals surface area contributed by atoms with Gasteiger partial charge < -0.3 is 5.73 Å². The summed E-state index contributed by atoms with van der Waals surface area (Å²) >= 11 is 3.52. The van der Waals surface area contributed by atoms with Crippen molar-refractivity contribution in [1.29, 1.82) is 0 Å². The molecule has 0 aromatic carbocycles. The van der Waals surface area contributed by atoms with Crippen LogP contribution in [-0.2, 0) is 6.42 Å². The van der Waals surface area contributed by atoms with Crippen molar-refractivity contribution in [2.45, 2.75) is 25.3 Å². The predicted octanol–water partition coefficient (Wildman–Crippen LogP) is 3.21. The van der Waals surface area contributed by atoms with Crippen molar-refractivity contribution >= 4 is 22.7 Å². The molecule has 0 radical (unpaired) electrons. The Morgan fingerprint density at radius 1 is 1.47 bits per heavy atom. The van der Waals surface area contributed by atoms with Crippen molar-refractivity contribution in [2.75, 3.05) is 0 Å². The average molecular weight is 236 g/mol. The molecule has 0 saturated heterocycles. The quantitative estimate of drug-likeness (QED) is 0.825. The fraction of sp³-hybridized carbons (Fsp3) is 0.364. The van der Waals surface area contributed by atoms with Gasteiger partial charge in [0.05, 0.1) is 10.6 Å². The minimum Gasteiger partial charge on any atom is -0.323 e. The Bertz CT molecular complexity index is 459. The number of hydrogen-bond donors (Lipinski definition) is 1. The van der Waals surface area contributed by atoms with Crippen LogP contribution in [0.1, 0.15) is 29.5 Å². The van der Waals surface area contributed by atoms with Crippen molar-refractivity contribution in [2.24, 2.45) is 5.73 Å². The molecule has 2 nitrogen and oxygen atoms in total. The van der Waals surface area contributed by atoms with Crippen molar-refractivity contribution < 1.29 is 0 Å². The summed E-state index contributed by atoms with van der Waals surface area (Å²) < 4.78 is 0. The lowest BCUT2D eigenvalue weighted by Crippen LogP contribution is -2.15. The summed E-state index contributed by atoms with van der Waals surface area (Å²) in [5.74, 6) is 0. The van der Waals surface area contributed by atoms with Gasteiger partial charge in [-0.05, 0) is 30.7 Å². The molecule has 2 heterocycles. The first kappa shape index (κ1) is 9.51. The Hall–Kier alpha value is -0.710. The molecule has 0 saturated carbocycles. The molecule has 2 aromatic heterocycles. The summed E-state index contributed by atoms with van der Waals surface area (Å²) in [4.78, 5) is 7.27. The number of thiophene rings is 1. The lowest BCUT2D eigenvalue weighted by Gasteiger charge is -2.15. The maximum atomic E-state index is 6.09. The topological polar surface area (TPSA) is 38.9 Å². The molecule has 3 rings (SSSR count). The summed E-state index contributed by atoms with van der Waals surface area (Å²) in [5, 5.41) is 3.24. The van der Waals surface area contributed by atoms with Crippen LogP contribution in [0.3, 0.4) is 0 Å². The number of hydrogen-bond acceptors (Lipinski definition) is 4. The first-order valence-corrected chi connectivity index (χ1v) is 6.83. The summed E-state index contributed by atoms with van der Waals surface area (Å²) in [6.45, 7) is 0. The van der Waals surface area contributed by atoms with E-state index < -0.39 is 0 Å². The van der Waals surface area contributed by atoms with E-state index in [-0.39, 0.29) is 6.04 Å². The van der Waals surface area contributed by atoms with Crippen LogP contribution in [0.5, 0.6) is 0 Å². The van der Waals surface area contributed by atoms with E-state index in [1.54, 1.807) is 22.7 Å². The second-order valence-electron chi connectivity index (χ2n) is 3.81. The molecule has 0 spiro atoms. The Kier molecular flexibility index (Phi) is 2.35. The first-order valence-electron chi connectivity index (χ1n) is 5.13. The highest BCUT2D eigenvalue weighted by atomic mass is 32.1. The second kappa shape index (κ2) is 3.70. The zero-order valence-electron chi connectivity index (χ0n) is 8.27. The van der Waals surface area contributed by atoms with Crippen LogP contribution in [-0.4, -0.2) is 4.98 Å². The van der Waals surface area contributed by atoms with Crippen molar-refractivity contribution in [3.63, 3.8) is 0 Å². The van der Waals surface area contributed by atoms with Crippen LogP contribution in [0.4, 0.5) is 0 Å². The number of fused-ring (bicyclic) bond motifs is 1. The molecule has 15 heavy (non-hydrogen) atoms. The molecule has 1 atom stereocenters. The third-order valence-electron chi connectivity index (χ3n) is 2.72. The number of nitrogens with zero attached hydrogens (tertiary/aromatic N) is 1. The van der Waals surface area contributed by atoms with Gasteiger partial charge >= 0.3 is 0 Å². The van der Waals surface area contributed by atoms with Crippen molar-refractivity contribution in [1.82, 2.24) is 4.98 Å². The minimum absolute atomic E-state index is 0.222. The number of aromatic nitrogens is 1. The SMILES string of the molecule is NC1CCCc2nc(-c3cccs3)sc21. The fourth-order valence-corrected chi connectivity index (χ4v) is 3.90. The second-order valence-corrected chi connectivity index (χ2v) is 5.78. The van der Waals surface area contributed by atoms with E-state index in [1.807, 2.05) is 0 Å². The molecule has 0 fully saturated rings. The maximum absolute atomic E-state index is 6.09. The van der Waals surface area contributed by atoms with Gasteiger partial charge in [-0.3, -0.25) is 0 Å². The third kappa shape index (κ3) is 1.62. The van der Waals surface area contributed by atoms with Crippen LogP contribution in [0.25, 0.3) is 9.88 Å². The van der Waals surface area contributed by atoms with Gasteiger partial charge in [0.1, 0.15) is 5.01 Å². The molecule has 0 amide bonds. The van der Waals surface area contributed by atoms with Gasteiger partial charge in [-0.1, -0.05) is 6.07 Å². The highest BCUT2D eigenvalue weighted by Gasteiger charge is 2.22. The number of aryl methyl sites for hydroxylation is 1. The Balaban J connectivity index is 2.06.